The number of allylic oxidation sites excluding steroid dienone is 3. The van der Waals surface area contributed by atoms with Gasteiger partial charge in [-0.1, -0.05) is 45.1 Å². The lowest BCUT2D eigenvalue weighted by Gasteiger charge is -2.35. The van der Waals surface area contributed by atoms with Crippen molar-refractivity contribution >= 4 is 12.0 Å². The van der Waals surface area contributed by atoms with Crippen molar-refractivity contribution in [3.05, 3.63) is 58.9 Å². The van der Waals surface area contributed by atoms with Gasteiger partial charge in [0.05, 0.1) is 18.3 Å². The number of hydrogen-bond acceptors (Lipinski definition) is 8. The number of fused-ring (bicyclic) bond motifs is 2. The average Bonchev–Trinajstić information content (AvgIpc) is 2.90. The van der Waals surface area contributed by atoms with E-state index >= 15 is 0 Å². The van der Waals surface area contributed by atoms with Crippen LogP contribution in [-0.2, 0) is 23.7 Å². The number of hydrogen-bond donors (Lipinski definition) is 4. The van der Waals surface area contributed by atoms with Gasteiger partial charge in [0.1, 0.15) is 12.2 Å². The van der Waals surface area contributed by atoms with Crippen molar-refractivity contribution < 1.29 is 38.7 Å². The molecule has 10 nitrogen and oxygen atoms in total. The predicted octanol–water partition coefficient (Wildman–Crippen LogP) is 2.92. The molecule has 2 bridgehead atoms. The van der Waals surface area contributed by atoms with E-state index in [1.54, 1.807) is 45.4 Å². The molecule has 224 valence electrons. The molecule has 5 N–H and O–H groups in total. The van der Waals surface area contributed by atoms with Gasteiger partial charge in [-0.15, -0.1) is 0 Å². The van der Waals surface area contributed by atoms with Gasteiger partial charge >= 0.3 is 6.09 Å². The Morgan fingerprint density at radius 1 is 1.00 bits per heavy atom. The van der Waals surface area contributed by atoms with Crippen LogP contribution in [0.15, 0.2) is 58.9 Å². The Labute approximate surface area is 237 Å². The lowest BCUT2D eigenvalue weighted by Crippen LogP contribution is -2.41. The molecule has 2 aliphatic rings. The first kappa shape index (κ1) is 33.4. The molecule has 0 fully saturated rings. The van der Waals surface area contributed by atoms with Gasteiger partial charge in [-0.2, -0.15) is 0 Å². The smallest absolute Gasteiger partial charge is 0.405 e. The molecule has 1 heterocycles. The Morgan fingerprint density at radius 3 is 2.25 bits per heavy atom. The van der Waals surface area contributed by atoms with Crippen molar-refractivity contribution in [2.45, 2.75) is 77.7 Å². The summed E-state index contributed by atoms with van der Waals surface area (Å²) in [5.74, 6) is -0.514. The quantitative estimate of drug-likeness (QED) is 0.382. The number of methoxy groups -OCH3 is 3. The Morgan fingerprint density at radius 2 is 1.68 bits per heavy atom. The highest BCUT2D eigenvalue weighted by molar-refractivity contribution is 5.94. The summed E-state index contributed by atoms with van der Waals surface area (Å²) in [4.78, 5) is 24.7. The van der Waals surface area contributed by atoms with E-state index in [0.29, 0.717) is 17.6 Å². The molecule has 0 saturated heterocycles. The Kier molecular flexibility index (Phi) is 12.8. The summed E-state index contributed by atoms with van der Waals surface area (Å²) in [6.07, 6.45) is 5.15. The predicted molar refractivity (Wildman–Crippen MR) is 152 cm³/mol. The number of aliphatic hydroxyl groups excluding tert-OH is 2. The van der Waals surface area contributed by atoms with Crippen molar-refractivity contribution in [3.63, 3.8) is 0 Å². The first-order valence-electron chi connectivity index (χ1n) is 13.5. The summed E-state index contributed by atoms with van der Waals surface area (Å²) in [7, 11) is 4.70. The van der Waals surface area contributed by atoms with Crippen LogP contribution in [0.25, 0.3) is 0 Å². The number of nitrogens with two attached hydrogens (primary N) is 1. The summed E-state index contributed by atoms with van der Waals surface area (Å²) >= 11 is 0. The number of carbonyl (C=O) groups is 2. The minimum Gasteiger partial charge on any atom is -0.439 e. The van der Waals surface area contributed by atoms with Gasteiger partial charge in [0, 0.05) is 32.6 Å². The van der Waals surface area contributed by atoms with Gasteiger partial charge in [-0.25, -0.2) is 4.79 Å². The Hall–Kier alpha value is -2.76. The van der Waals surface area contributed by atoms with Gasteiger partial charge < -0.3 is 40.2 Å². The first-order valence-corrected chi connectivity index (χ1v) is 13.5. The van der Waals surface area contributed by atoms with Gasteiger partial charge in [-0.3, -0.25) is 4.79 Å². The van der Waals surface area contributed by atoms with Gasteiger partial charge in [0.25, 0.3) is 5.91 Å². The molecule has 0 aromatic heterocycles. The molecule has 1 aliphatic heterocycles. The molecule has 0 radical (unpaired) electrons. The number of ether oxygens (including phenoxy) is 4. The maximum atomic E-state index is 12.9. The van der Waals surface area contributed by atoms with Crippen LogP contribution in [-0.4, -0.2) is 80.2 Å². The monoisotopic (exact) mass is 562 g/mol. The Bertz CT molecular complexity index is 1050. The lowest BCUT2D eigenvalue weighted by molar-refractivity contribution is -0.117. The minimum atomic E-state index is -1.17. The van der Waals surface area contributed by atoms with E-state index in [1.807, 2.05) is 19.9 Å². The molecule has 2 amide bonds. The molecule has 0 aromatic carbocycles. The number of amides is 2. The highest BCUT2D eigenvalue weighted by atomic mass is 16.6. The minimum absolute atomic E-state index is 0.0143. The van der Waals surface area contributed by atoms with Crippen molar-refractivity contribution in [1.82, 2.24) is 5.32 Å². The molecule has 9 atom stereocenters. The van der Waals surface area contributed by atoms with E-state index in [4.69, 9.17) is 24.7 Å². The van der Waals surface area contributed by atoms with Crippen molar-refractivity contribution in [2.24, 2.45) is 23.5 Å². The number of carbonyl (C=O) groups excluding carboxylic acids is 2. The van der Waals surface area contributed by atoms with E-state index < -0.39 is 42.5 Å². The molecule has 2 rings (SSSR count). The molecule has 40 heavy (non-hydrogen) atoms. The first-order chi connectivity index (χ1) is 18.8. The number of aliphatic hydroxyl groups is 2. The van der Waals surface area contributed by atoms with Crippen molar-refractivity contribution in [2.75, 3.05) is 21.3 Å². The second-order valence-electron chi connectivity index (χ2n) is 10.7. The zero-order valence-electron chi connectivity index (χ0n) is 24.8. The Balaban J connectivity index is 2.60. The molecule has 0 spiro atoms. The van der Waals surface area contributed by atoms with Gasteiger partial charge in [-0.05, 0) is 61.3 Å². The van der Waals surface area contributed by atoms with E-state index in [-0.39, 0.29) is 29.6 Å². The maximum absolute atomic E-state index is 12.9. The van der Waals surface area contributed by atoms with Crippen LogP contribution < -0.4 is 11.1 Å². The molecule has 0 aromatic rings. The fourth-order valence-electron chi connectivity index (χ4n) is 5.33. The zero-order chi connectivity index (χ0) is 30.1. The highest BCUT2D eigenvalue weighted by Crippen LogP contribution is 2.32. The standard InChI is InChI=1S/C30H46N2O8/c1-16-10-9-11-24(37-6)28(40-30(31)36)18(3)12-17(2)20(5)25(38-7)13-19(4)27(39-8)22-14-21(33)15-23(26(22)34)32-29(16)35/h9-12,14-15,17,19-21,24-28,33-34H,13H2,1-8H3,(H2,31,36)(H,32,35)/b11-9-,16-10+,18-12+/t17-,19-,20+,21?,24-,25-,26?,27?,28-/m0/s1. The van der Waals surface area contributed by atoms with E-state index in [1.165, 1.54) is 13.2 Å². The summed E-state index contributed by atoms with van der Waals surface area (Å²) in [6, 6.07) is 0. The molecule has 1 aliphatic carbocycles. The third kappa shape index (κ3) is 8.62. The van der Waals surface area contributed by atoms with Gasteiger partial charge in [0.15, 0.2) is 6.10 Å². The second kappa shape index (κ2) is 15.3. The average molecular weight is 563 g/mol. The van der Waals surface area contributed by atoms with Crippen LogP contribution in [0.4, 0.5) is 4.79 Å². The maximum Gasteiger partial charge on any atom is 0.405 e. The summed E-state index contributed by atoms with van der Waals surface area (Å²) in [5, 5.41) is 24.4. The van der Waals surface area contributed by atoms with Crippen LogP contribution in [0.2, 0.25) is 0 Å². The SMILES string of the molecule is COC1C2=CC(O)C=C(NC(=O)/C(C)=C/C=C\[C@H](OC)[C@@H](OC(N)=O)/C(C)=C/[C@H](C)[C@@H](C)[C@@H](OC)C[C@@H]1C)C2O. The molecular formula is C30H46N2O8. The third-order valence-electron chi connectivity index (χ3n) is 7.80. The topological polar surface area (TPSA) is 150 Å². The summed E-state index contributed by atoms with van der Waals surface area (Å²) in [6.45, 7) is 9.61. The highest BCUT2D eigenvalue weighted by Gasteiger charge is 2.35. The second-order valence-corrected chi connectivity index (χ2v) is 10.7. The zero-order valence-corrected chi connectivity index (χ0v) is 24.8. The van der Waals surface area contributed by atoms with E-state index in [0.717, 1.165) is 5.57 Å². The molecule has 3 unspecified atom stereocenters. The number of nitrogens with one attached hydrogen (secondary N) is 1. The van der Waals surface area contributed by atoms with Crippen molar-refractivity contribution in [1.29, 1.82) is 0 Å². The molecular weight excluding hydrogens is 516 g/mol. The molecule has 0 saturated carbocycles. The fraction of sp³-hybridized carbons (Fsp3) is 0.600. The summed E-state index contributed by atoms with van der Waals surface area (Å²) < 4.78 is 22.8. The number of rotatable bonds is 4. The third-order valence-corrected chi connectivity index (χ3v) is 7.80. The van der Waals surface area contributed by atoms with Gasteiger partial charge in [0.2, 0.25) is 0 Å². The van der Waals surface area contributed by atoms with E-state index in [2.05, 4.69) is 19.2 Å². The fourth-order valence-corrected chi connectivity index (χ4v) is 5.33. The summed E-state index contributed by atoms with van der Waals surface area (Å²) in [5.41, 5.74) is 7.13. The van der Waals surface area contributed by atoms with Crippen LogP contribution in [0.3, 0.4) is 0 Å². The number of primary amides is 1. The van der Waals surface area contributed by atoms with Crippen LogP contribution in [0.1, 0.15) is 41.0 Å². The lowest BCUT2D eigenvalue weighted by atomic mass is 9.80. The molecule has 10 heteroatoms. The van der Waals surface area contributed by atoms with Crippen LogP contribution in [0.5, 0.6) is 0 Å². The van der Waals surface area contributed by atoms with Crippen molar-refractivity contribution in [3.8, 4) is 0 Å². The largest absolute Gasteiger partial charge is 0.439 e. The van der Waals surface area contributed by atoms with Crippen LogP contribution in [0, 0.1) is 17.8 Å². The van der Waals surface area contributed by atoms with Crippen LogP contribution >= 0.6 is 0 Å². The van der Waals surface area contributed by atoms with E-state index in [9.17, 15) is 19.8 Å². The normalized spacial score (nSPS) is 38.0.